The molecule has 0 aliphatic carbocycles. The van der Waals surface area contributed by atoms with Gasteiger partial charge in [-0.05, 0) is 19.2 Å². The van der Waals surface area contributed by atoms with Crippen LogP contribution in [0.1, 0.15) is 5.56 Å². The molecule has 4 heteroatoms. The Hall–Kier alpha value is -1.57. The summed E-state index contributed by atoms with van der Waals surface area (Å²) < 4.78 is 0. The fourth-order valence-corrected chi connectivity index (χ4v) is 0.788. The Labute approximate surface area is 77.5 Å². The zero-order valence-corrected chi connectivity index (χ0v) is 7.46. The lowest BCUT2D eigenvalue weighted by Crippen LogP contribution is -2.08. The highest BCUT2D eigenvalue weighted by molar-refractivity contribution is 5.40. The van der Waals surface area contributed by atoms with Crippen LogP contribution in [0.25, 0.3) is 0 Å². The van der Waals surface area contributed by atoms with Crippen LogP contribution in [-0.2, 0) is 0 Å². The molecule has 0 saturated carbocycles. The van der Waals surface area contributed by atoms with Gasteiger partial charge in [-0.15, -0.1) is 0 Å². The Morgan fingerprint density at radius 1 is 1.54 bits per heavy atom. The molecule has 1 aromatic rings. The minimum Gasteiger partial charge on any atom is -0.309 e. The molecular formula is C9H12N4. The summed E-state index contributed by atoms with van der Waals surface area (Å²) in [7, 11) is 1.86. The van der Waals surface area contributed by atoms with Crippen molar-refractivity contribution in [2.45, 2.75) is 0 Å². The fraction of sp³-hybridized carbons (Fsp3) is 0.222. The number of hydrazine groups is 1. The van der Waals surface area contributed by atoms with Crippen molar-refractivity contribution in [1.82, 2.24) is 10.3 Å². The van der Waals surface area contributed by atoms with Gasteiger partial charge in [0.15, 0.2) is 0 Å². The predicted octanol–water partition coefficient (Wildman–Crippen LogP) is -0.0619. The van der Waals surface area contributed by atoms with Crippen molar-refractivity contribution in [2.24, 2.45) is 5.84 Å². The largest absolute Gasteiger partial charge is 0.309 e. The number of anilines is 1. The quantitative estimate of drug-likeness (QED) is 0.335. The third-order valence-electron chi connectivity index (χ3n) is 1.41. The molecule has 0 amide bonds. The van der Waals surface area contributed by atoms with E-state index in [-0.39, 0.29) is 0 Å². The summed E-state index contributed by atoms with van der Waals surface area (Å²) in [6.07, 6.45) is 1.68. The Kier molecular flexibility index (Phi) is 3.76. The van der Waals surface area contributed by atoms with Crippen molar-refractivity contribution >= 4 is 5.82 Å². The van der Waals surface area contributed by atoms with Gasteiger partial charge in [-0.2, -0.15) is 0 Å². The van der Waals surface area contributed by atoms with Gasteiger partial charge in [0, 0.05) is 11.8 Å². The second-order valence-corrected chi connectivity index (χ2v) is 2.41. The van der Waals surface area contributed by atoms with Crippen LogP contribution in [0.5, 0.6) is 0 Å². The number of nitrogens with two attached hydrogens (primary N) is 1. The number of hydrogen-bond donors (Lipinski definition) is 3. The van der Waals surface area contributed by atoms with E-state index in [0.29, 0.717) is 12.4 Å². The van der Waals surface area contributed by atoms with Crippen molar-refractivity contribution in [3.63, 3.8) is 0 Å². The van der Waals surface area contributed by atoms with Gasteiger partial charge in [0.1, 0.15) is 5.82 Å². The van der Waals surface area contributed by atoms with Crippen LogP contribution in [0.3, 0.4) is 0 Å². The molecule has 0 aliphatic heterocycles. The fourth-order valence-electron chi connectivity index (χ4n) is 0.788. The lowest BCUT2D eigenvalue weighted by molar-refractivity contribution is 0.938. The predicted molar refractivity (Wildman–Crippen MR) is 52.9 cm³/mol. The molecule has 0 aromatic carbocycles. The van der Waals surface area contributed by atoms with Crippen LogP contribution in [-0.4, -0.2) is 18.6 Å². The first-order valence-electron chi connectivity index (χ1n) is 3.93. The van der Waals surface area contributed by atoms with E-state index in [2.05, 4.69) is 27.6 Å². The van der Waals surface area contributed by atoms with E-state index in [4.69, 9.17) is 5.84 Å². The molecular weight excluding hydrogens is 164 g/mol. The van der Waals surface area contributed by atoms with Gasteiger partial charge in [-0.25, -0.2) is 10.8 Å². The summed E-state index contributed by atoms with van der Waals surface area (Å²) in [6, 6.07) is 3.65. The van der Waals surface area contributed by atoms with Crippen LogP contribution in [0.2, 0.25) is 0 Å². The molecule has 0 saturated heterocycles. The van der Waals surface area contributed by atoms with Crippen LogP contribution >= 0.6 is 0 Å². The van der Waals surface area contributed by atoms with E-state index >= 15 is 0 Å². The maximum Gasteiger partial charge on any atom is 0.139 e. The van der Waals surface area contributed by atoms with Crippen molar-refractivity contribution in [1.29, 1.82) is 0 Å². The number of nitrogen functional groups attached to an aromatic ring is 1. The first-order valence-corrected chi connectivity index (χ1v) is 3.93. The van der Waals surface area contributed by atoms with Gasteiger partial charge in [-0.3, -0.25) is 0 Å². The third-order valence-corrected chi connectivity index (χ3v) is 1.41. The monoisotopic (exact) mass is 176 g/mol. The van der Waals surface area contributed by atoms with Crippen molar-refractivity contribution in [3.8, 4) is 11.8 Å². The summed E-state index contributed by atoms with van der Waals surface area (Å²) in [5, 5.41) is 2.93. The number of nitrogens with one attached hydrogen (secondary N) is 2. The highest BCUT2D eigenvalue weighted by atomic mass is 15.2. The average molecular weight is 176 g/mol. The first-order chi connectivity index (χ1) is 6.36. The molecule has 0 unspecified atom stereocenters. The zero-order chi connectivity index (χ0) is 9.52. The minimum absolute atomic E-state index is 0.638. The standard InChI is InChI=1S/C9H12N4/c1-11-6-2-3-8-4-5-9(13-10)12-7-8/h4-5,7,11H,6,10H2,1H3,(H,12,13). The van der Waals surface area contributed by atoms with Crippen molar-refractivity contribution in [2.75, 3.05) is 19.0 Å². The topological polar surface area (TPSA) is 63.0 Å². The normalized spacial score (nSPS) is 8.77. The van der Waals surface area contributed by atoms with Crippen LogP contribution in [0, 0.1) is 11.8 Å². The second kappa shape index (κ2) is 5.14. The number of rotatable bonds is 2. The molecule has 0 aliphatic rings. The number of pyridine rings is 1. The van der Waals surface area contributed by atoms with Crippen LogP contribution in [0.15, 0.2) is 18.3 Å². The maximum atomic E-state index is 5.16. The molecule has 1 heterocycles. The van der Waals surface area contributed by atoms with E-state index < -0.39 is 0 Å². The summed E-state index contributed by atoms with van der Waals surface area (Å²) in [5.41, 5.74) is 3.33. The van der Waals surface area contributed by atoms with E-state index in [1.54, 1.807) is 12.3 Å². The molecule has 68 valence electrons. The second-order valence-electron chi connectivity index (χ2n) is 2.41. The Bertz CT molecular complexity index is 307. The van der Waals surface area contributed by atoms with Gasteiger partial charge in [0.05, 0.1) is 6.54 Å². The molecule has 1 aromatic heterocycles. The molecule has 4 N–H and O–H groups in total. The van der Waals surface area contributed by atoms with Gasteiger partial charge < -0.3 is 10.7 Å². The molecule has 1 rings (SSSR count). The molecule has 0 spiro atoms. The Morgan fingerprint density at radius 3 is 2.92 bits per heavy atom. The minimum atomic E-state index is 0.638. The molecule has 0 fully saturated rings. The summed E-state index contributed by atoms with van der Waals surface area (Å²) >= 11 is 0. The Morgan fingerprint density at radius 2 is 2.38 bits per heavy atom. The number of nitrogens with zero attached hydrogens (tertiary/aromatic N) is 1. The van der Waals surface area contributed by atoms with E-state index in [1.165, 1.54) is 0 Å². The molecule has 0 radical (unpaired) electrons. The van der Waals surface area contributed by atoms with Crippen LogP contribution in [0.4, 0.5) is 5.82 Å². The molecule has 13 heavy (non-hydrogen) atoms. The lowest BCUT2D eigenvalue weighted by Gasteiger charge is -1.96. The van der Waals surface area contributed by atoms with Crippen molar-refractivity contribution in [3.05, 3.63) is 23.9 Å². The van der Waals surface area contributed by atoms with E-state index in [1.807, 2.05) is 13.1 Å². The van der Waals surface area contributed by atoms with Gasteiger partial charge in [-0.1, -0.05) is 11.8 Å². The van der Waals surface area contributed by atoms with Crippen molar-refractivity contribution < 1.29 is 0 Å². The molecule has 0 atom stereocenters. The maximum absolute atomic E-state index is 5.16. The highest BCUT2D eigenvalue weighted by Gasteiger charge is 1.88. The number of hydrogen-bond acceptors (Lipinski definition) is 4. The first kappa shape index (κ1) is 9.52. The smallest absolute Gasteiger partial charge is 0.139 e. The summed E-state index contributed by atoms with van der Waals surface area (Å²) in [5.74, 6) is 11.7. The SMILES string of the molecule is CNCC#Cc1ccc(NN)nc1. The lowest BCUT2D eigenvalue weighted by atomic mass is 10.3. The Balaban J connectivity index is 2.65. The molecule has 0 bridgehead atoms. The average Bonchev–Trinajstić information content (AvgIpc) is 2.19. The van der Waals surface area contributed by atoms with Gasteiger partial charge in [0.2, 0.25) is 0 Å². The van der Waals surface area contributed by atoms with Gasteiger partial charge >= 0.3 is 0 Å². The van der Waals surface area contributed by atoms with E-state index in [9.17, 15) is 0 Å². The summed E-state index contributed by atoms with van der Waals surface area (Å²) in [4.78, 5) is 4.02. The third kappa shape index (κ3) is 3.11. The summed E-state index contributed by atoms with van der Waals surface area (Å²) in [6.45, 7) is 0.677. The molecule has 4 nitrogen and oxygen atoms in total. The van der Waals surface area contributed by atoms with E-state index in [0.717, 1.165) is 5.56 Å². The number of aromatic nitrogens is 1. The highest BCUT2D eigenvalue weighted by Crippen LogP contribution is 2.01. The van der Waals surface area contributed by atoms with Gasteiger partial charge in [0.25, 0.3) is 0 Å². The van der Waals surface area contributed by atoms with Crippen LogP contribution < -0.4 is 16.6 Å². The zero-order valence-electron chi connectivity index (χ0n) is 7.46.